The summed E-state index contributed by atoms with van der Waals surface area (Å²) in [5.41, 5.74) is 8.46. The van der Waals surface area contributed by atoms with Crippen molar-refractivity contribution in [3.8, 4) is 0 Å². The van der Waals surface area contributed by atoms with Crippen molar-refractivity contribution in [2.24, 2.45) is 5.73 Å². The quantitative estimate of drug-likeness (QED) is 0.767. The van der Waals surface area contributed by atoms with E-state index in [4.69, 9.17) is 15.9 Å². The van der Waals surface area contributed by atoms with Crippen molar-refractivity contribution < 1.29 is 19.8 Å². The molecule has 0 aromatic heterocycles. The summed E-state index contributed by atoms with van der Waals surface area (Å²) < 4.78 is 0. The first kappa shape index (κ1) is 18.6. The molecule has 0 fully saturated rings. The lowest BCUT2D eigenvalue weighted by molar-refractivity contribution is -0.147. The molecular formula is C19H22N2O4. The second-order valence-corrected chi connectivity index (χ2v) is 5.84. The maximum absolute atomic E-state index is 11.7. The van der Waals surface area contributed by atoms with Crippen molar-refractivity contribution in [2.75, 3.05) is 13.6 Å². The van der Waals surface area contributed by atoms with E-state index in [1.807, 2.05) is 24.3 Å². The first-order valence-electron chi connectivity index (χ1n) is 7.96. The van der Waals surface area contributed by atoms with Crippen molar-refractivity contribution in [2.45, 2.75) is 18.6 Å². The van der Waals surface area contributed by atoms with Crippen molar-refractivity contribution >= 4 is 11.9 Å². The monoisotopic (exact) mass is 342 g/mol. The number of carboxylic acid groups (broad SMARTS) is 1. The van der Waals surface area contributed by atoms with Gasteiger partial charge in [0, 0.05) is 13.6 Å². The maximum Gasteiger partial charge on any atom is 0.337 e. The number of nitrogens with zero attached hydrogens (tertiary/aromatic N) is 1. The number of likely N-dealkylation sites (N-methyl/N-ethyl adjacent to an activating group) is 1. The first-order chi connectivity index (χ1) is 11.9. The van der Waals surface area contributed by atoms with E-state index in [1.165, 1.54) is 5.56 Å². The third-order valence-corrected chi connectivity index (χ3v) is 4.10. The van der Waals surface area contributed by atoms with Crippen molar-refractivity contribution in [3.63, 3.8) is 0 Å². The smallest absolute Gasteiger partial charge is 0.337 e. The van der Waals surface area contributed by atoms with Gasteiger partial charge in [0.2, 0.25) is 5.91 Å². The number of nitrogens with two attached hydrogens (primary N) is 1. The minimum Gasteiger partial charge on any atom is -0.479 e. The van der Waals surface area contributed by atoms with Crippen LogP contribution in [0.4, 0.5) is 0 Å². The number of benzene rings is 2. The zero-order valence-corrected chi connectivity index (χ0v) is 14.0. The molecule has 132 valence electrons. The van der Waals surface area contributed by atoms with Crippen molar-refractivity contribution in [1.82, 2.24) is 4.90 Å². The van der Waals surface area contributed by atoms with Gasteiger partial charge in [-0.25, -0.2) is 4.79 Å². The van der Waals surface area contributed by atoms with Gasteiger partial charge in [-0.05, 0) is 23.1 Å². The average molecular weight is 342 g/mol. The zero-order chi connectivity index (χ0) is 18.4. The summed E-state index contributed by atoms with van der Waals surface area (Å²) in [4.78, 5) is 23.7. The van der Waals surface area contributed by atoms with Gasteiger partial charge in [-0.1, -0.05) is 54.6 Å². The Kier molecular flexibility index (Phi) is 6.27. The Balaban J connectivity index is 0.000000186. The first-order valence-corrected chi connectivity index (χ1v) is 7.96. The number of hydrogen-bond acceptors (Lipinski definition) is 4. The van der Waals surface area contributed by atoms with Gasteiger partial charge >= 0.3 is 5.97 Å². The molecule has 1 aliphatic rings. The molecule has 25 heavy (non-hydrogen) atoms. The molecule has 0 saturated carbocycles. The highest BCUT2D eigenvalue weighted by atomic mass is 16.4. The second-order valence-electron chi connectivity index (χ2n) is 5.84. The van der Waals surface area contributed by atoms with Crippen LogP contribution in [0.3, 0.4) is 0 Å². The van der Waals surface area contributed by atoms with Gasteiger partial charge in [-0.3, -0.25) is 4.79 Å². The molecule has 0 aliphatic carbocycles. The van der Waals surface area contributed by atoms with E-state index in [0.29, 0.717) is 5.56 Å². The van der Waals surface area contributed by atoms with Crippen LogP contribution in [0.15, 0.2) is 54.6 Å². The summed E-state index contributed by atoms with van der Waals surface area (Å²) in [6.45, 7) is 0.754. The van der Waals surface area contributed by atoms with Crippen LogP contribution in [0.25, 0.3) is 0 Å². The predicted octanol–water partition coefficient (Wildman–Crippen LogP) is 1.51. The topological polar surface area (TPSA) is 104 Å². The highest BCUT2D eigenvalue weighted by Crippen LogP contribution is 2.21. The number of carboxylic acids is 1. The van der Waals surface area contributed by atoms with Crippen LogP contribution < -0.4 is 5.73 Å². The fraction of sp³-hybridized carbons (Fsp3) is 0.263. The van der Waals surface area contributed by atoms with E-state index in [-0.39, 0.29) is 5.91 Å². The number of hydrogen-bond donors (Lipinski definition) is 3. The fourth-order valence-corrected chi connectivity index (χ4v) is 2.61. The van der Waals surface area contributed by atoms with Crippen LogP contribution in [0.2, 0.25) is 0 Å². The number of amides is 1. The third-order valence-electron chi connectivity index (χ3n) is 4.10. The SMILES string of the molecule is CN1CCc2ccccc2C(N)C1=O.O=C(O)[C@H](O)c1ccccc1. The summed E-state index contributed by atoms with van der Waals surface area (Å²) in [5, 5.41) is 17.4. The Labute approximate surface area is 146 Å². The molecule has 6 heteroatoms. The predicted molar refractivity (Wildman–Crippen MR) is 93.7 cm³/mol. The van der Waals surface area contributed by atoms with Gasteiger partial charge in [-0.2, -0.15) is 0 Å². The molecule has 2 aromatic rings. The van der Waals surface area contributed by atoms with Gasteiger partial charge in [0.25, 0.3) is 0 Å². The van der Waals surface area contributed by atoms with Crippen molar-refractivity contribution in [1.29, 1.82) is 0 Å². The summed E-state index contributed by atoms with van der Waals surface area (Å²) in [6.07, 6.45) is -0.511. The van der Waals surface area contributed by atoms with Crippen LogP contribution in [0.5, 0.6) is 0 Å². The number of rotatable bonds is 2. The molecule has 6 nitrogen and oxygen atoms in total. The van der Waals surface area contributed by atoms with Gasteiger partial charge in [-0.15, -0.1) is 0 Å². The minimum atomic E-state index is -1.41. The van der Waals surface area contributed by atoms with E-state index in [2.05, 4.69) is 0 Å². The number of aliphatic hydroxyl groups excluding tert-OH is 1. The van der Waals surface area contributed by atoms with Gasteiger partial charge < -0.3 is 20.8 Å². The Morgan fingerprint density at radius 3 is 2.40 bits per heavy atom. The molecule has 0 radical (unpaired) electrons. The van der Waals surface area contributed by atoms with E-state index in [9.17, 15) is 9.59 Å². The zero-order valence-electron chi connectivity index (χ0n) is 14.0. The molecule has 3 rings (SSSR count). The highest BCUT2D eigenvalue weighted by molar-refractivity contribution is 5.83. The average Bonchev–Trinajstić information content (AvgIpc) is 2.75. The van der Waals surface area contributed by atoms with E-state index < -0.39 is 18.1 Å². The number of fused-ring (bicyclic) bond motifs is 1. The van der Waals surface area contributed by atoms with Gasteiger partial charge in [0.05, 0.1) is 0 Å². The molecular weight excluding hydrogens is 320 g/mol. The fourth-order valence-electron chi connectivity index (χ4n) is 2.61. The molecule has 2 aromatic carbocycles. The molecule has 1 amide bonds. The van der Waals surface area contributed by atoms with Crippen LogP contribution >= 0.6 is 0 Å². The van der Waals surface area contributed by atoms with E-state index in [1.54, 1.807) is 42.3 Å². The minimum absolute atomic E-state index is 0.00921. The second kappa shape index (κ2) is 8.41. The molecule has 1 aliphatic heterocycles. The van der Waals surface area contributed by atoms with Crippen molar-refractivity contribution in [3.05, 3.63) is 71.3 Å². The molecule has 0 saturated heterocycles. The standard InChI is InChI=1S/C11H14N2O.C8H8O3/c1-13-7-6-8-4-2-3-5-9(8)10(12)11(13)14;9-7(8(10)11)6-4-2-1-3-5-6/h2-5,10H,6-7,12H2,1H3;1-5,7,9H,(H,10,11)/t;7-/m.1/s1. The number of carbonyl (C=O) groups is 2. The molecule has 0 spiro atoms. The summed E-state index contributed by atoms with van der Waals surface area (Å²) >= 11 is 0. The van der Waals surface area contributed by atoms with Crippen LogP contribution in [-0.2, 0) is 16.0 Å². The summed E-state index contributed by atoms with van der Waals surface area (Å²) in [6, 6.07) is 15.7. The molecule has 1 heterocycles. The third kappa shape index (κ3) is 4.65. The number of aliphatic hydroxyl groups is 1. The van der Waals surface area contributed by atoms with Gasteiger partial charge in [0.1, 0.15) is 6.04 Å². The molecule has 4 N–H and O–H groups in total. The summed E-state index contributed by atoms with van der Waals surface area (Å²) in [7, 11) is 1.80. The molecule has 1 unspecified atom stereocenters. The normalized spacial score (nSPS) is 17.6. The largest absolute Gasteiger partial charge is 0.479 e. The lowest BCUT2D eigenvalue weighted by Gasteiger charge is -2.16. The lowest BCUT2D eigenvalue weighted by atomic mass is 10.00. The highest BCUT2D eigenvalue weighted by Gasteiger charge is 2.25. The lowest BCUT2D eigenvalue weighted by Crippen LogP contribution is -2.34. The Hall–Kier alpha value is -2.70. The Morgan fingerprint density at radius 1 is 1.16 bits per heavy atom. The van der Waals surface area contributed by atoms with Crippen LogP contribution in [0.1, 0.15) is 28.8 Å². The van der Waals surface area contributed by atoms with E-state index >= 15 is 0 Å². The number of carbonyl (C=O) groups excluding carboxylic acids is 1. The van der Waals surface area contributed by atoms with E-state index in [0.717, 1.165) is 18.5 Å². The number of aliphatic carboxylic acids is 1. The van der Waals surface area contributed by atoms with Crippen LogP contribution in [-0.4, -0.2) is 40.6 Å². The maximum atomic E-state index is 11.7. The Morgan fingerprint density at radius 2 is 1.76 bits per heavy atom. The Bertz CT molecular complexity index is 733. The summed E-state index contributed by atoms with van der Waals surface area (Å²) in [5.74, 6) is -1.22. The molecule has 0 bridgehead atoms. The van der Waals surface area contributed by atoms with Gasteiger partial charge in [0.15, 0.2) is 6.10 Å². The van der Waals surface area contributed by atoms with Crippen LogP contribution in [0, 0.1) is 0 Å². The molecule has 2 atom stereocenters.